The first-order valence-electron chi connectivity index (χ1n) is 8.08. The van der Waals surface area contributed by atoms with E-state index in [2.05, 4.69) is 39.3 Å². The van der Waals surface area contributed by atoms with Gasteiger partial charge in [-0.1, -0.05) is 18.7 Å². The van der Waals surface area contributed by atoms with Crippen molar-refractivity contribution in [3.63, 3.8) is 0 Å². The van der Waals surface area contributed by atoms with Gasteiger partial charge in [0.15, 0.2) is 5.82 Å². The number of hydrogen-bond donors (Lipinski definition) is 3. The molecular weight excluding hydrogens is 314 g/mol. The minimum atomic E-state index is 0.689. The number of allylic oxidation sites excluding steroid dienone is 2. The van der Waals surface area contributed by atoms with Crippen LogP contribution < -0.4 is 10.6 Å². The average molecular weight is 337 g/mol. The highest BCUT2D eigenvalue weighted by Crippen LogP contribution is 2.18. The van der Waals surface area contributed by atoms with Crippen molar-refractivity contribution in [2.24, 2.45) is 4.99 Å². The molecule has 1 heterocycles. The second-order valence-electron chi connectivity index (χ2n) is 5.49. The summed E-state index contributed by atoms with van der Waals surface area (Å²) in [6.45, 7) is 7.57. The van der Waals surface area contributed by atoms with Crippen LogP contribution >= 0.6 is 0 Å². The lowest BCUT2D eigenvalue weighted by molar-refractivity contribution is -0.105. The molecular formula is C19H23N5O. The largest absolute Gasteiger partial charge is 0.329 e. The number of amides is 1. The summed E-state index contributed by atoms with van der Waals surface area (Å²) in [6.07, 6.45) is 7.47. The van der Waals surface area contributed by atoms with Gasteiger partial charge in [-0.05, 0) is 56.0 Å². The lowest BCUT2D eigenvalue weighted by atomic mass is 10.0. The number of anilines is 2. The summed E-state index contributed by atoms with van der Waals surface area (Å²) in [7, 11) is 0. The lowest BCUT2D eigenvalue weighted by Crippen LogP contribution is -1.99. The van der Waals surface area contributed by atoms with E-state index in [0.29, 0.717) is 12.2 Å². The first kappa shape index (κ1) is 18.2. The Morgan fingerprint density at radius 1 is 1.36 bits per heavy atom. The van der Waals surface area contributed by atoms with Crippen LogP contribution in [0.25, 0.3) is 0 Å². The van der Waals surface area contributed by atoms with Gasteiger partial charge in [-0.2, -0.15) is 5.10 Å². The average Bonchev–Trinajstić information content (AvgIpc) is 3.06. The Balaban J connectivity index is 2.00. The third-order valence-corrected chi connectivity index (χ3v) is 3.72. The zero-order chi connectivity index (χ0) is 18.1. The summed E-state index contributed by atoms with van der Waals surface area (Å²) in [4.78, 5) is 14.8. The highest BCUT2D eigenvalue weighted by molar-refractivity contribution is 5.72. The molecule has 0 aliphatic carbocycles. The normalized spacial score (nSPS) is 11.5. The van der Waals surface area contributed by atoms with Gasteiger partial charge in [0.05, 0.1) is 0 Å². The topological polar surface area (TPSA) is 82.2 Å². The molecule has 3 N–H and O–H groups in total. The van der Waals surface area contributed by atoms with E-state index in [1.165, 1.54) is 11.1 Å². The van der Waals surface area contributed by atoms with E-state index in [0.717, 1.165) is 30.0 Å². The Morgan fingerprint density at radius 3 is 2.92 bits per heavy atom. The maximum absolute atomic E-state index is 10.6. The summed E-state index contributed by atoms with van der Waals surface area (Å²) in [6, 6.07) is 7.88. The maximum atomic E-state index is 10.6. The molecule has 1 aromatic heterocycles. The highest BCUT2D eigenvalue weighted by atomic mass is 16.1. The van der Waals surface area contributed by atoms with Crippen LogP contribution in [-0.2, 0) is 17.6 Å². The number of aromatic nitrogens is 2. The fourth-order valence-corrected chi connectivity index (χ4v) is 2.36. The van der Waals surface area contributed by atoms with E-state index >= 15 is 0 Å². The van der Waals surface area contributed by atoms with Crippen LogP contribution in [0.5, 0.6) is 0 Å². The van der Waals surface area contributed by atoms with Gasteiger partial charge in [0.1, 0.15) is 5.82 Å². The fraction of sp³-hybridized carbons (Fsp3) is 0.211. The van der Waals surface area contributed by atoms with Crippen molar-refractivity contribution in [3.05, 3.63) is 65.6 Å². The molecule has 25 heavy (non-hydrogen) atoms. The van der Waals surface area contributed by atoms with Crippen LogP contribution in [0, 0.1) is 6.92 Å². The van der Waals surface area contributed by atoms with Gasteiger partial charge in [-0.25, -0.2) is 4.99 Å². The molecule has 0 aliphatic heterocycles. The van der Waals surface area contributed by atoms with Crippen molar-refractivity contribution in [1.82, 2.24) is 10.2 Å². The van der Waals surface area contributed by atoms with E-state index in [1.807, 2.05) is 37.3 Å². The van der Waals surface area contributed by atoms with Gasteiger partial charge >= 0.3 is 0 Å². The van der Waals surface area contributed by atoms with Crippen molar-refractivity contribution in [1.29, 1.82) is 0 Å². The van der Waals surface area contributed by atoms with Gasteiger partial charge in [0, 0.05) is 23.7 Å². The molecule has 0 fully saturated rings. The molecule has 6 heteroatoms. The molecule has 0 saturated carbocycles. The molecule has 2 aromatic rings. The van der Waals surface area contributed by atoms with E-state index in [-0.39, 0.29) is 0 Å². The Labute approximate surface area is 147 Å². The summed E-state index contributed by atoms with van der Waals surface area (Å²) >= 11 is 0. The molecule has 1 amide bonds. The van der Waals surface area contributed by atoms with Gasteiger partial charge in [0.2, 0.25) is 6.41 Å². The third-order valence-electron chi connectivity index (χ3n) is 3.72. The van der Waals surface area contributed by atoms with Gasteiger partial charge in [-0.3, -0.25) is 9.89 Å². The molecule has 0 aliphatic rings. The van der Waals surface area contributed by atoms with Crippen LogP contribution in [0.3, 0.4) is 0 Å². The zero-order valence-electron chi connectivity index (χ0n) is 14.5. The number of nitrogens with zero attached hydrogens (tertiary/aromatic N) is 2. The van der Waals surface area contributed by atoms with Gasteiger partial charge < -0.3 is 10.6 Å². The minimum absolute atomic E-state index is 0.689. The molecule has 1 aromatic carbocycles. The molecule has 2 rings (SSSR count). The number of carbonyl (C=O) groups excluding carboxylic acids is 1. The minimum Gasteiger partial charge on any atom is -0.329 e. The van der Waals surface area contributed by atoms with Crippen molar-refractivity contribution < 1.29 is 4.79 Å². The monoisotopic (exact) mass is 337 g/mol. The SMILES string of the molecule is C=C/C=N\C(=C/C)Nc1cc(CCc2cc(NC=O)ccc2C)[nH]n1. The summed E-state index contributed by atoms with van der Waals surface area (Å²) in [5.41, 5.74) is 4.23. The number of nitrogens with one attached hydrogen (secondary N) is 3. The number of hydrogen-bond acceptors (Lipinski definition) is 4. The van der Waals surface area contributed by atoms with Crippen molar-refractivity contribution in [2.45, 2.75) is 26.7 Å². The van der Waals surface area contributed by atoms with Gasteiger partial charge in [-0.15, -0.1) is 0 Å². The quantitative estimate of drug-likeness (QED) is 0.483. The van der Waals surface area contributed by atoms with Crippen LogP contribution in [0.1, 0.15) is 23.7 Å². The summed E-state index contributed by atoms with van der Waals surface area (Å²) in [5, 5.41) is 13.1. The molecule has 0 unspecified atom stereocenters. The van der Waals surface area contributed by atoms with E-state index in [9.17, 15) is 4.79 Å². The van der Waals surface area contributed by atoms with Crippen molar-refractivity contribution in [2.75, 3.05) is 10.6 Å². The molecule has 6 nitrogen and oxygen atoms in total. The second kappa shape index (κ2) is 9.22. The number of H-pyrrole nitrogens is 1. The van der Waals surface area contributed by atoms with Crippen LogP contribution in [0.4, 0.5) is 11.5 Å². The first-order chi connectivity index (χ1) is 12.2. The molecule has 0 spiro atoms. The van der Waals surface area contributed by atoms with Crippen LogP contribution in [-0.4, -0.2) is 22.8 Å². The van der Waals surface area contributed by atoms with Crippen molar-refractivity contribution in [3.8, 4) is 0 Å². The smallest absolute Gasteiger partial charge is 0.211 e. The predicted molar refractivity (Wildman–Crippen MR) is 103 cm³/mol. The summed E-state index contributed by atoms with van der Waals surface area (Å²) < 4.78 is 0. The summed E-state index contributed by atoms with van der Waals surface area (Å²) in [5.74, 6) is 1.43. The number of benzene rings is 1. The van der Waals surface area contributed by atoms with Gasteiger partial charge in [0.25, 0.3) is 0 Å². The van der Waals surface area contributed by atoms with Crippen LogP contribution in [0.15, 0.2) is 53.8 Å². The Bertz CT molecular complexity index is 789. The molecule has 0 atom stereocenters. The van der Waals surface area contributed by atoms with E-state index in [1.54, 1.807) is 12.3 Å². The highest BCUT2D eigenvalue weighted by Gasteiger charge is 2.05. The third kappa shape index (κ3) is 5.46. The second-order valence-corrected chi connectivity index (χ2v) is 5.49. The standard InChI is InChI=1S/C19H23N5O/c1-4-10-20-18(5-2)22-19-12-17(23-24-19)9-7-15-11-16(21-13-25)8-6-14(15)3/h4-6,8,10-13H,1,7,9H2,2-3H3,(H,21,25)(H2,22,23,24)/b18-5+,20-10-. The molecule has 0 radical (unpaired) electrons. The molecule has 0 saturated heterocycles. The maximum Gasteiger partial charge on any atom is 0.211 e. The zero-order valence-corrected chi connectivity index (χ0v) is 14.5. The number of carbonyl (C=O) groups is 1. The number of aliphatic imine (C=N–C) groups is 1. The molecule has 0 bridgehead atoms. The number of aromatic amines is 1. The molecule has 130 valence electrons. The number of rotatable bonds is 9. The first-order valence-corrected chi connectivity index (χ1v) is 8.08. The fourth-order valence-electron chi connectivity index (χ4n) is 2.36. The Morgan fingerprint density at radius 2 is 2.20 bits per heavy atom. The number of aryl methyl sites for hydroxylation is 3. The lowest BCUT2D eigenvalue weighted by Gasteiger charge is -2.07. The Kier molecular flexibility index (Phi) is 6.71. The van der Waals surface area contributed by atoms with E-state index in [4.69, 9.17) is 0 Å². The van der Waals surface area contributed by atoms with Crippen LogP contribution in [0.2, 0.25) is 0 Å². The van der Waals surface area contributed by atoms with E-state index < -0.39 is 0 Å². The predicted octanol–water partition coefficient (Wildman–Crippen LogP) is 3.60. The van der Waals surface area contributed by atoms with Crippen molar-refractivity contribution >= 4 is 24.1 Å². The Hall–Kier alpha value is -3.15.